The van der Waals surface area contributed by atoms with Gasteiger partial charge in [-0.05, 0) is 12.1 Å². The number of aromatic nitrogens is 1. The minimum absolute atomic E-state index is 0. The van der Waals surface area contributed by atoms with Gasteiger partial charge < -0.3 is 23.6 Å². The Morgan fingerprint density at radius 3 is 1.65 bits per heavy atom. The van der Waals surface area contributed by atoms with Gasteiger partial charge in [-0.1, -0.05) is 36.4 Å². The molecular weight excluding hydrogens is 236 g/mol. The van der Waals surface area contributed by atoms with Gasteiger partial charge in [0.25, 0.3) is 0 Å². The number of nitrogen functional groups attached to an aromatic ring is 1. The quantitative estimate of drug-likeness (QED) is 0.526. The second kappa shape index (κ2) is 4.99. The molecule has 2 aromatic carbocycles. The van der Waals surface area contributed by atoms with E-state index in [9.17, 15) is 0 Å². The van der Waals surface area contributed by atoms with E-state index in [-0.39, 0.29) is 17.9 Å². The highest BCUT2D eigenvalue weighted by Crippen LogP contribution is 2.27. The van der Waals surface area contributed by atoms with Crippen molar-refractivity contribution in [1.29, 1.82) is 0 Å². The number of benzene rings is 2. The third kappa shape index (κ3) is 2.02. The summed E-state index contributed by atoms with van der Waals surface area (Å²) in [5.74, 6) is 0. The van der Waals surface area contributed by atoms with Gasteiger partial charge in [-0.2, -0.15) is 0 Å². The van der Waals surface area contributed by atoms with Crippen molar-refractivity contribution in [3.63, 3.8) is 0 Å². The van der Waals surface area contributed by atoms with Crippen LogP contribution in [0.15, 0.2) is 48.5 Å². The topological polar surface area (TPSA) is 70.4 Å². The van der Waals surface area contributed by atoms with Gasteiger partial charge in [-0.15, -0.1) is 0 Å². The van der Waals surface area contributed by atoms with Gasteiger partial charge in [0.05, 0.1) is 16.7 Å². The number of hydrogen-bond donors (Lipinski definition) is 1. The van der Waals surface area contributed by atoms with Crippen LogP contribution in [0.25, 0.3) is 21.8 Å². The Morgan fingerprint density at radius 1 is 0.765 bits per heavy atom. The van der Waals surface area contributed by atoms with Crippen LogP contribution in [0.1, 0.15) is 0 Å². The Kier molecular flexibility index (Phi) is 3.89. The summed E-state index contributed by atoms with van der Waals surface area (Å²) in [7, 11) is 0. The van der Waals surface area contributed by atoms with Crippen molar-refractivity contribution >= 4 is 27.5 Å². The average molecular weight is 248 g/mol. The summed E-state index contributed by atoms with van der Waals surface area (Å²) in [6.07, 6.45) is 0. The number of hydrogen-bond acceptors (Lipinski definition) is 2. The Hall–Kier alpha value is -1.84. The average Bonchev–Trinajstić information content (AvgIpc) is 2.30. The normalized spacial score (nSPS) is 9.65. The fourth-order valence-corrected chi connectivity index (χ4v) is 1.87. The monoisotopic (exact) mass is 247 g/mol. The van der Waals surface area contributed by atoms with Crippen LogP contribution < -0.4 is 18.1 Å². The molecule has 17 heavy (non-hydrogen) atoms. The molecule has 1 aromatic heterocycles. The Morgan fingerprint density at radius 2 is 1.18 bits per heavy atom. The molecule has 4 N–H and O–H groups in total. The zero-order chi connectivity index (χ0) is 10.3. The standard InChI is InChI=1S/C13H10N2.ClH.H2O/c14-13-9-5-1-3-7-11(9)15-12-8-4-2-6-10(12)13;;/h1-8H,(H2,14,15);1H;1H2/p-1. The lowest BCUT2D eigenvalue weighted by molar-refractivity contribution is -0.00000416. The maximum absolute atomic E-state index is 6.11. The van der Waals surface area contributed by atoms with Crippen LogP contribution in [-0.4, -0.2) is 10.5 Å². The molecule has 3 rings (SSSR count). The predicted octanol–water partition coefficient (Wildman–Crippen LogP) is -0.851. The summed E-state index contributed by atoms with van der Waals surface area (Å²) >= 11 is 0. The molecule has 0 amide bonds. The summed E-state index contributed by atoms with van der Waals surface area (Å²) in [4.78, 5) is 4.56. The second-order valence-electron chi connectivity index (χ2n) is 3.56. The smallest absolute Gasteiger partial charge is 0.0730 e. The highest BCUT2D eigenvalue weighted by molar-refractivity contribution is 6.06. The van der Waals surface area contributed by atoms with Crippen LogP contribution in [0.2, 0.25) is 0 Å². The van der Waals surface area contributed by atoms with Crippen LogP contribution in [0, 0.1) is 0 Å². The van der Waals surface area contributed by atoms with Gasteiger partial charge in [0.1, 0.15) is 0 Å². The lowest BCUT2D eigenvalue weighted by Gasteiger charge is -2.05. The van der Waals surface area contributed by atoms with E-state index in [1.54, 1.807) is 0 Å². The van der Waals surface area contributed by atoms with Crippen molar-refractivity contribution in [3.05, 3.63) is 48.5 Å². The number of halogens is 1. The van der Waals surface area contributed by atoms with E-state index in [2.05, 4.69) is 4.98 Å². The third-order valence-electron chi connectivity index (χ3n) is 2.63. The molecule has 3 aromatic rings. The van der Waals surface area contributed by atoms with Crippen molar-refractivity contribution < 1.29 is 17.9 Å². The third-order valence-corrected chi connectivity index (χ3v) is 2.63. The largest absolute Gasteiger partial charge is 1.00 e. The number of nitrogens with two attached hydrogens (primary N) is 1. The molecule has 0 fully saturated rings. The number of fused-ring (bicyclic) bond motifs is 2. The first kappa shape index (κ1) is 13.2. The summed E-state index contributed by atoms with van der Waals surface area (Å²) in [5.41, 5.74) is 8.84. The zero-order valence-electron chi connectivity index (χ0n) is 9.02. The highest BCUT2D eigenvalue weighted by atomic mass is 35.5. The van der Waals surface area contributed by atoms with Gasteiger partial charge in [0.15, 0.2) is 0 Å². The number of anilines is 1. The summed E-state index contributed by atoms with van der Waals surface area (Å²) in [6.45, 7) is 0. The summed E-state index contributed by atoms with van der Waals surface area (Å²) in [6, 6.07) is 15.9. The molecule has 0 saturated heterocycles. The van der Waals surface area contributed by atoms with E-state index < -0.39 is 0 Å². The lowest BCUT2D eigenvalue weighted by atomic mass is 10.1. The van der Waals surface area contributed by atoms with Crippen LogP contribution in [0.4, 0.5) is 5.69 Å². The molecule has 0 saturated carbocycles. The van der Waals surface area contributed by atoms with E-state index in [0.717, 1.165) is 27.5 Å². The first-order valence-electron chi connectivity index (χ1n) is 4.89. The van der Waals surface area contributed by atoms with Gasteiger partial charge in [0.2, 0.25) is 0 Å². The number of nitrogens with zero attached hydrogens (tertiary/aromatic N) is 1. The van der Waals surface area contributed by atoms with Crippen molar-refractivity contribution in [1.82, 2.24) is 4.98 Å². The summed E-state index contributed by atoms with van der Waals surface area (Å²) in [5, 5.41) is 2.05. The molecule has 0 atom stereocenters. The van der Waals surface area contributed by atoms with Crippen LogP contribution in [0.3, 0.4) is 0 Å². The first-order valence-corrected chi connectivity index (χ1v) is 4.89. The Balaban J connectivity index is 0.000000722. The Bertz CT molecular complexity index is 601. The minimum Gasteiger partial charge on any atom is -1.00 e. The molecule has 4 heteroatoms. The minimum atomic E-state index is 0. The lowest BCUT2D eigenvalue weighted by Crippen LogP contribution is -3.00. The number of para-hydroxylation sites is 2. The molecule has 0 aliphatic carbocycles. The molecular formula is C13H12ClN2O-. The SMILES string of the molecule is Nc1c2ccccc2nc2ccccc12.O.[Cl-]. The molecule has 0 spiro atoms. The molecule has 0 bridgehead atoms. The highest BCUT2D eigenvalue weighted by Gasteiger charge is 2.03. The Labute approximate surface area is 105 Å². The number of rotatable bonds is 0. The van der Waals surface area contributed by atoms with Gasteiger partial charge in [0, 0.05) is 10.8 Å². The molecule has 3 nitrogen and oxygen atoms in total. The van der Waals surface area contributed by atoms with Crippen LogP contribution >= 0.6 is 0 Å². The first-order chi connectivity index (χ1) is 7.36. The van der Waals surface area contributed by atoms with E-state index in [4.69, 9.17) is 5.73 Å². The van der Waals surface area contributed by atoms with E-state index in [0.29, 0.717) is 0 Å². The zero-order valence-corrected chi connectivity index (χ0v) is 9.78. The van der Waals surface area contributed by atoms with Crippen molar-refractivity contribution in [2.24, 2.45) is 0 Å². The van der Waals surface area contributed by atoms with E-state index in [1.165, 1.54) is 0 Å². The fourth-order valence-electron chi connectivity index (χ4n) is 1.87. The van der Waals surface area contributed by atoms with Crippen LogP contribution in [-0.2, 0) is 0 Å². The molecule has 0 aliphatic rings. The van der Waals surface area contributed by atoms with Crippen molar-refractivity contribution in [2.45, 2.75) is 0 Å². The molecule has 0 aliphatic heterocycles. The predicted molar refractivity (Wildman–Crippen MR) is 67.3 cm³/mol. The number of pyridine rings is 1. The molecule has 1 heterocycles. The second-order valence-corrected chi connectivity index (χ2v) is 3.56. The van der Waals surface area contributed by atoms with E-state index >= 15 is 0 Å². The summed E-state index contributed by atoms with van der Waals surface area (Å²) < 4.78 is 0. The van der Waals surface area contributed by atoms with Crippen molar-refractivity contribution in [3.8, 4) is 0 Å². The molecule has 88 valence electrons. The maximum atomic E-state index is 6.11. The maximum Gasteiger partial charge on any atom is 0.0730 e. The van der Waals surface area contributed by atoms with Crippen molar-refractivity contribution in [2.75, 3.05) is 5.73 Å². The molecule has 0 radical (unpaired) electrons. The van der Waals surface area contributed by atoms with E-state index in [1.807, 2.05) is 48.5 Å². The fraction of sp³-hybridized carbons (Fsp3) is 0. The van der Waals surface area contributed by atoms with Gasteiger partial charge >= 0.3 is 0 Å². The van der Waals surface area contributed by atoms with Crippen LogP contribution in [0.5, 0.6) is 0 Å². The molecule has 0 unspecified atom stereocenters. The van der Waals surface area contributed by atoms with Gasteiger partial charge in [-0.3, -0.25) is 0 Å². The van der Waals surface area contributed by atoms with Gasteiger partial charge in [-0.25, -0.2) is 4.98 Å².